The van der Waals surface area contributed by atoms with Crippen LogP contribution in [0.2, 0.25) is 0 Å². The maximum Gasteiger partial charge on any atom is 0.338 e. The number of carbonyl (C=O) groups excluding carboxylic acids is 2. The summed E-state index contributed by atoms with van der Waals surface area (Å²) in [5.74, 6) is 0.818. The number of esters is 1. The van der Waals surface area contributed by atoms with Crippen molar-refractivity contribution < 1.29 is 19.1 Å². The Hall–Kier alpha value is -2.54. The monoisotopic (exact) mass is 373 g/mol. The number of methoxy groups -OCH3 is 2. The molecule has 1 fully saturated rings. The molecule has 27 heavy (non-hydrogen) atoms. The van der Waals surface area contributed by atoms with Gasteiger partial charge in [-0.3, -0.25) is 4.90 Å². The third kappa shape index (κ3) is 4.42. The smallest absolute Gasteiger partial charge is 0.338 e. The molecule has 2 atom stereocenters. The van der Waals surface area contributed by atoms with Gasteiger partial charge in [0.15, 0.2) is 0 Å². The number of piperidine rings is 1. The van der Waals surface area contributed by atoms with E-state index in [1.807, 2.05) is 24.3 Å². The van der Waals surface area contributed by atoms with Crippen LogP contribution in [0.15, 0.2) is 35.5 Å². The van der Waals surface area contributed by atoms with Crippen LogP contribution in [0.3, 0.4) is 0 Å². The van der Waals surface area contributed by atoms with Crippen molar-refractivity contribution in [1.29, 1.82) is 0 Å². The first-order valence-corrected chi connectivity index (χ1v) is 9.27. The number of hydrogen-bond donors (Lipinski definition) is 2. The van der Waals surface area contributed by atoms with Gasteiger partial charge in [-0.1, -0.05) is 19.1 Å². The van der Waals surface area contributed by atoms with Gasteiger partial charge >= 0.3 is 12.0 Å². The van der Waals surface area contributed by atoms with Gasteiger partial charge in [0.05, 0.1) is 25.8 Å². The van der Waals surface area contributed by atoms with Gasteiger partial charge in [-0.05, 0) is 43.0 Å². The number of nitrogens with zero attached hydrogens (tertiary/aromatic N) is 1. The van der Waals surface area contributed by atoms with E-state index in [9.17, 15) is 9.59 Å². The Bertz CT molecular complexity index is 746. The zero-order chi connectivity index (χ0) is 19.4. The first kappa shape index (κ1) is 19.2. The largest absolute Gasteiger partial charge is 0.497 e. The summed E-state index contributed by atoms with van der Waals surface area (Å²) in [6.45, 7) is 4.64. The molecular formula is C20H27N3O4. The van der Waals surface area contributed by atoms with Crippen molar-refractivity contribution in [3.63, 3.8) is 0 Å². The summed E-state index contributed by atoms with van der Waals surface area (Å²) in [4.78, 5) is 27.2. The number of ether oxygens (including phenoxy) is 2. The third-order valence-corrected chi connectivity index (χ3v) is 5.11. The number of urea groups is 1. The fraction of sp³-hybridized carbons (Fsp3) is 0.500. The van der Waals surface area contributed by atoms with E-state index in [0.717, 1.165) is 25.1 Å². The number of nitrogens with one attached hydrogen (secondary N) is 2. The SMILES string of the molecule is COC(=O)C1=C(CN2CCC[C@@H](C)C2)NC(=O)N[C@@H]1c1cccc(OC)c1. The van der Waals surface area contributed by atoms with Crippen molar-refractivity contribution in [2.45, 2.75) is 25.8 Å². The lowest BCUT2D eigenvalue weighted by Gasteiger charge is -2.35. The summed E-state index contributed by atoms with van der Waals surface area (Å²) < 4.78 is 10.3. The molecular weight excluding hydrogens is 346 g/mol. The first-order chi connectivity index (χ1) is 13.0. The molecule has 0 saturated carbocycles. The van der Waals surface area contributed by atoms with E-state index in [2.05, 4.69) is 22.5 Å². The first-order valence-electron chi connectivity index (χ1n) is 9.27. The molecule has 0 unspecified atom stereocenters. The summed E-state index contributed by atoms with van der Waals surface area (Å²) in [5.41, 5.74) is 1.81. The maximum absolute atomic E-state index is 12.6. The molecule has 1 saturated heterocycles. The van der Waals surface area contributed by atoms with Gasteiger partial charge in [-0.2, -0.15) is 0 Å². The van der Waals surface area contributed by atoms with E-state index in [1.54, 1.807) is 7.11 Å². The van der Waals surface area contributed by atoms with Gasteiger partial charge in [0, 0.05) is 18.8 Å². The summed E-state index contributed by atoms with van der Waals surface area (Å²) in [7, 11) is 2.94. The summed E-state index contributed by atoms with van der Waals surface area (Å²) >= 11 is 0. The van der Waals surface area contributed by atoms with Crippen molar-refractivity contribution in [1.82, 2.24) is 15.5 Å². The number of amides is 2. The summed E-state index contributed by atoms with van der Waals surface area (Å²) in [6.07, 6.45) is 2.33. The van der Waals surface area contributed by atoms with Gasteiger partial charge in [0.2, 0.25) is 0 Å². The topological polar surface area (TPSA) is 79.9 Å². The molecule has 2 heterocycles. The molecule has 7 nitrogen and oxygen atoms in total. The molecule has 3 rings (SSSR count). The Kier molecular flexibility index (Phi) is 6.01. The van der Waals surface area contributed by atoms with Crippen LogP contribution in [0.4, 0.5) is 4.79 Å². The highest BCUT2D eigenvalue weighted by atomic mass is 16.5. The number of rotatable bonds is 5. The van der Waals surface area contributed by atoms with Gasteiger partial charge in [-0.15, -0.1) is 0 Å². The number of likely N-dealkylation sites (tertiary alicyclic amines) is 1. The molecule has 146 valence electrons. The second-order valence-corrected chi connectivity index (χ2v) is 7.17. The van der Waals surface area contributed by atoms with Crippen molar-refractivity contribution in [3.05, 3.63) is 41.1 Å². The molecule has 1 aromatic carbocycles. The zero-order valence-electron chi connectivity index (χ0n) is 16.1. The van der Waals surface area contributed by atoms with Crippen molar-refractivity contribution >= 4 is 12.0 Å². The van der Waals surface area contributed by atoms with E-state index in [1.165, 1.54) is 13.5 Å². The van der Waals surface area contributed by atoms with Crippen molar-refractivity contribution in [2.24, 2.45) is 5.92 Å². The minimum Gasteiger partial charge on any atom is -0.497 e. The van der Waals surface area contributed by atoms with Crippen LogP contribution in [0.5, 0.6) is 5.75 Å². The maximum atomic E-state index is 12.6. The van der Waals surface area contributed by atoms with Crippen LogP contribution in [0.25, 0.3) is 0 Å². The molecule has 7 heteroatoms. The predicted molar refractivity (Wildman–Crippen MR) is 101 cm³/mol. The normalized spacial score (nSPS) is 23.4. The summed E-state index contributed by atoms with van der Waals surface area (Å²) in [5, 5.41) is 5.67. The van der Waals surface area contributed by atoms with E-state index in [-0.39, 0.29) is 6.03 Å². The Morgan fingerprint density at radius 2 is 2.15 bits per heavy atom. The van der Waals surface area contributed by atoms with Gasteiger partial charge < -0.3 is 20.1 Å². The minimum absolute atomic E-state index is 0.324. The average molecular weight is 373 g/mol. The Morgan fingerprint density at radius 1 is 1.33 bits per heavy atom. The van der Waals surface area contributed by atoms with Gasteiger partial charge in [-0.25, -0.2) is 9.59 Å². The van der Waals surface area contributed by atoms with Gasteiger partial charge in [0.1, 0.15) is 5.75 Å². The highest BCUT2D eigenvalue weighted by Crippen LogP contribution is 2.30. The van der Waals surface area contributed by atoms with Gasteiger partial charge in [0.25, 0.3) is 0 Å². The van der Waals surface area contributed by atoms with Crippen molar-refractivity contribution in [3.8, 4) is 5.75 Å². The molecule has 1 aromatic rings. The second kappa shape index (κ2) is 8.43. The highest BCUT2D eigenvalue weighted by molar-refractivity contribution is 5.95. The van der Waals surface area contributed by atoms with Crippen molar-refractivity contribution in [2.75, 3.05) is 33.9 Å². The molecule has 0 bridgehead atoms. The van der Waals surface area contributed by atoms with E-state index in [4.69, 9.17) is 9.47 Å². The lowest BCUT2D eigenvalue weighted by Crippen LogP contribution is -2.49. The summed E-state index contributed by atoms with van der Waals surface area (Å²) in [6, 6.07) is 6.43. The number of benzene rings is 1. The lowest BCUT2D eigenvalue weighted by atomic mass is 9.94. The Morgan fingerprint density at radius 3 is 2.85 bits per heavy atom. The van der Waals surface area contributed by atoms with Crippen LogP contribution in [0, 0.1) is 5.92 Å². The highest BCUT2D eigenvalue weighted by Gasteiger charge is 2.34. The molecule has 0 radical (unpaired) electrons. The lowest BCUT2D eigenvalue weighted by molar-refractivity contribution is -0.136. The minimum atomic E-state index is -0.585. The quantitative estimate of drug-likeness (QED) is 0.774. The second-order valence-electron chi connectivity index (χ2n) is 7.17. The molecule has 2 aliphatic rings. The van der Waals surface area contributed by atoms with E-state index >= 15 is 0 Å². The average Bonchev–Trinajstić information content (AvgIpc) is 2.67. The zero-order valence-corrected chi connectivity index (χ0v) is 16.1. The Balaban J connectivity index is 1.97. The predicted octanol–water partition coefficient (Wildman–Crippen LogP) is 2.21. The number of carbonyl (C=O) groups is 2. The molecule has 0 aliphatic carbocycles. The standard InChI is InChI=1S/C20H27N3O4/c1-13-6-5-9-23(11-13)12-16-17(19(24)27-3)18(22-20(25)21-16)14-7-4-8-15(10-14)26-2/h4,7-8,10,13,18H,5-6,9,11-12H2,1-3H3,(H2,21,22,25)/t13-,18-/m1/s1. The van der Waals surface area contributed by atoms with E-state index in [0.29, 0.717) is 29.5 Å². The van der Waals surface area contributed by atoms with Crippen LogP contribution in [-0.2, 0) is 9.53 Å². The molecule has 0 aromatic heterocycles. The van der Waals surface area contributed by atoms with Crippen LogP contribution < -0.4 is 15.4 Å². The van der Waals surface area contributed by atoms with Crippen LogP contribution >= 0.6 is 0 Å². The van der Waals surface area contributed by atoms with Crippen LogP contribution in [0.1, 0.15) is 31.4 Å². The molecule has 0 spiro atoms. The fourth-order valence-corrected chi connectivity index (χ4v) is 3.82. The Labute approximate surface area is 159 Å². The molecule has 2 amide bonds. The van der Waals surface area contributed by atoms with E-state index < -0.39 is 12.0 Å². The molecule has 2 aliphatic heterocycles. The number of hydrogen-bond acceptors (Lipinski definition) is 5. The third-order valence-electron chi connectivity index (χ3n) is 5.11. The molecule has 2 N–H and O–H groups in total. The fourth-order valence-electron chi connectivity index (χ4n) is 3.82. The van der Waals surface area contributed by atoms with Crippen LogP contribution in [-0.4, -0.2) is 50.8 Å².